The number of anilines is 2. The second kappa shape index (κ2) is 6.33. The van der Waals surface area contributed by atoms with E-state index in [0.717, 1.165) is 22.4 Å². The number of H-pyrrole nitrogens is 1. The van der Waals surface area contributed by atoms with Gasteiger partial charge in [0.25, 0.3) is 5.91 Å². The molecular weight excluding hydrogens is 326 g/mol. The normalized spacial score (nSPS) is 10.8. The first-order chi connectivity index (χ1) is 12.6. The first-order valence-electron chi connectivity index (χ1n) is 8.19. The van der Waals surface area contributed by atoms with Gasteiger partial charge in [0.1, 0.15) is 11.3 Å². The Morgan fingerprint density at radius 2 is 1.96 bits per heavy atom. The smallest absolute Gasteiger partial charge is 0.255 e. The summed E-state index contributed by atoms with van der Waals surface area (Å²) in [5.41, 5.74) is 10.8. The van der Waals surface area contributed by atoms with Crippen molar-refractivity contribution >= 4 is 28.3 Å². The number of aromatic amines is 1. The second-order valence-corrected chi connectivity index (χ2v) is 6.00. The quantitative estimate of drug-likeness (QED) is 0.527. The molecule has 2 aromatic heterocycles. The molecule has 0 fully saturated rings. The van der Waals surface area contributed by atoms with Crippen LogP contribution < -0.4 is 11.1 Å². The van der Waals surface area contributed by atoms with Crippen LogP contribution in [0.4, 0.5) is 11.4 Å². The van der Waals surface area contributed by atoms with Crippen LogP contribution in [0, 0.1) is 6.92 Å². The number of benzene rings is 2. The lowest BCUT2D eigenvalue weighted by Crippen LogP contribution is -2.12. The number of rotatable bonds is 3. The number of hydrogen-bond acceptors (Lipinski definition) is 4. The number of nitrogen functional groups attached to an aromatic ring is 1. The molecule has 2 heterocycles. The molecule has 0 atom stereocenters. The van der Waals surface area contributed by atoms with E-state index in [1.165, 1.54) is 0 Å². The third-order valence-electron chi connectivity index (χ3n) is 4.12. The number of nitrogens with zero attached hydrogens (tertiary/aromatic N) is 2. The Labute approximate surface area is 150 Å². The zero-order valence-electron chi connectivity index (χ0n) is 14.2. The zero-order chi connectivity index (χ0) is 18.1. The highest BCUT2D eigenvalue weighted by Gasteiger charge is 2.12. The van der Waals surface area contributed by atoms with Crippen molar-refractivity contribution in [2.75, 3.05) is 11.1 Å². The Morgan fingerprint density at radius 3 is 2.81 bits per heavy atom. The van der Waals surface area contributed by atoms with Crippen LogP contribution in [0.15, 0.2) is 60.8 Å². The van der Waals surface area contributed by atoms with Gasteiger partial charge in [0.2, 0.25) is 0 Å². The molecule has 4 rings (SSSR count). The number of amides is 1. The molecule has 0 unspecified atom stereocenters. The van der Waals surface area contributed by atoms with Crippen molar-refractivity contribution in [2.24, 2.45) is 0 Å². The number of pyridine rings is 1. The van der Waals surface area contributed by atoms with Gasteiger partial charge in [-0.1, -0.05) is 18.2 Å². The first kappa shape index (κ1) is 15.8. The van der Waals surface area contributed by atoms with Crippen LogP contribution in [0.5, 0.6) is 0 Å². The number of hydrogen-bond donors (Lipinski definition) is 3. The average Bonchev–Trinajstić information content (AvgIpc) is 3.03. The molecule has 0 aliphatic heterocycles. The van der Waals surface area contributed by atoms with Crippen molar-refractivity contribution in [3.8, 4) is 11.3 Å². The van der Waals surface area contributed by atoms with E-state index in [9.17, 15) is 4.79 Å². The molecule has 0 aliphatic rings. The highest BCUT2D eigenvalue weighted by molar-refractivity contribution is 6.08. The Bertz CT molecular complexity index is 1120. The first-order valence-corrected chi connectivity index (χ1v) is 8.19. The van der Waals surface area contributed by atoms with E-state index in [4.69, 9.17) is 5.73 Å². The monoisotopic (exact) mass is 343 g/mol. The van der Waals surface area contributed by atoms with Crippen LogP contribution in [0.3, 0.4) is 0 Å². The molecule has 0 aliphatic carbocycles. The maximum absolute atomic E-state index is 12.7. The van der Waals surface area contributed by atoms with Gasteiger partial charge < -0.3 is 16.0 Å². The number of fused-ring (bicyclic) bond motifs is 1. The number of aromatic nitrogens is 3. The number of para-hydroxylation sites is 1. The molecule has 6 nitrogen and oxygen atoms in total. The summed E-state index contributed by atoms with van der Waals surface area (Å²) in [5, 5.41) is 2.93. The Morgan fingerprint density at radius 1 is 1.12 bits per heavy atom. The minimum absolute atomic E-state index is 0.213. The van der Waals surface area contributed by atoms with Gasteiger partial charge in [-0.15, -0.1) is 0 Å². The summed E-state index contributed by atoms with van der Waals surface area (Å²) in [7, 11) is 0. The Kier molecular flexibility index (Phi) is 3.85. The summed E-state index contributed by atoms with van der Waals surface area (Å²) in [6.45, 7) is 1.88. The molecule has 128 valence electrons. The molecule has 4 aromatic rings. The molecule has 2 aromatic carbocycles. The van der Waals surface area contributed by atoms with E-state index in [0.29, 0.717) is 22.6 Å². The number of carbonyl (C=O) groups is 1. The molecule has 0 spiro atoms. The SMILES string of the molecule is Cc1nc2c(NC(=O)c3cccc(-c4ncccc4N)c3)cccc2[nH]1. The minimum Gasteiger partial charge on any atom is -0.397 e. The van der Waals surface area contributed by atoms with Crippen molar-refractivity contribution in [3.63, 3.8) is 0 Å². The lowest BCUT2D eigenvalue weighted by atomic mass is 10.1. The van der Waals surface area contributed by atoms with Crippen molar-refractivity contribution < 1.29 is 4.79 Å². The van der Waals surface area contributed by atoms with Crippen LogP contribution >= 0.6 is 0 Å². The van der Waals surface area contributed by atoms with Gasteiger partial charge in [-0.2, -0.15) is 0 Å². The maximum Gasteiger partial charge on any atom is 0.255 e. The number of nitrogens with two attached hydrogens (primary N) is 1. The van der Waals surface area contributed by atoms with Gasteiger partial charge >= 0.3 is 0 Å². The van der Waals surface area contributed by atoms with E-state index >= 15 is 0 Å². The van der Waals surface area contributed by atoms with Crippen molar-refractivity contribution in [3.05, 3.63) is 72.2 Å². The third-order valence-corrected chi connectivity index (χ3v) is 4.12. The van der Waals surface area contributed by atoms with Gasteiger partial charge in [0, 0.05) is 17.3 Å². The van der Waals surface area contributed by atoms with E-state index in [1.54, 1.807) is 30.5 Å². The summed E-state index contributed by atoms with van der Waals surface area (Å²) in [6, 6.07) is 16.4. The summed E-state index contributed by atoms with van der Waals surface area (Å²) in [5.74, 6) is 0.587. The fourth-order valence-electron chi connectivity index (χ4n) is 2.92. The Balaban J connectivity index is 1.66. The predicted molar refractivity (Wildman–Crippen MR) is 103 cm³/mol. The predicted octanol–water partition coefficient (Wildman–Crippen LogP) is 3.77. The molecule has 0 radical (unpaired) electrons. The van der Waals surface area contributed by atoms with Crippen LogP contribution in [0.1, 0.15) is 16.2 Å². The van der Waals surface area contributed by atoms with Crippen LogP contribution in [0.25, 0.3) is 22.3 Å². The third kappa shape index (κ3) is 2.88. The van der Waals surface area contributed by atoms with Crippen LogP contribution in [0.2, 0.25) is 0 Å². The Hall–Kier alpha value is -3.67. The van der Waals surface area contributed by atoms with E-state index in [1.807, 2.05) is 37.3 Å². The molecule has 6 heteroatoms. The zero-order valence-corrected chi connectivity index (χ0v) is 14.2. The van der Waals surface area contributed by atoms with Gasteiger partial charge in [-0.3, -0.25) is 9.78 Å². The molecule has 4 N–H and O–H groups in total. The molecule has 0 saturated carbocycles. The van der Waals surface area contributed by atoms with Gasteiger partial charge in [-0.05, 0) is 43.3 Å². The average molecular weight is 343 g/mol. The number of nitrogens with one attached hydrogen (secondary N) is 2. The molecule has 0 bridgehead atoms. The molecule has 0 saturated heterocycles. The van der Waals surface area contributed by atoms with Gasteiger partial charge in [-0.25, -0.2) is 4.98 Å². The number of imidazole rings is 1. The van der Waals surface area contributed by atoms with Crippen LogP contribution in [-0.4, -0.2) is 20.9 Å². The molecular formula is C20H17N5O. The lowest BCUT2D eigenvalue weighted by molar-refractivity contribution is 0.102. The van der Waals surface area contributed by atoms with Crippen LogP contribution in [-0.2, 0) is 0 Å². The van der Waals surface area contributed by atoms with E-state index in [-0.39, 0.29) is 5.91 Å². The summed E-state index contributed by atoms with van der Waals surface area (Å²) in [6.07, 6.45) is 1.68. The summed E-state index contributed by atoms with van der Waals surface area (Å²) in [4.78, 5) is 24.6. The van der Waals surface area contributed by atoms with Crippen molar-refractivity contribution in [1.82, 2.24) is 15.0 Å². The fraction of sp³-hybridized carbons (Fsp3) is 0.0500. The van der Waals surface area contributed by atoms with Crippen molar-refractivity contribution in [2.45, 2.75) is 6.92 Å². The minimum atomic E-state index is -0.213. The highest BCUT2D eigenvalue weighted by Crippen LogP contribution is 2.25. The maximum atomic E-state index is 12.7. The van der Waals surface area contributed by atoms with Gasteiger partial charge in [0.05, 0.1) is 22.6 Å². The number of aryl methyl sites for hydroxylation is 1. The second-order valence-electron chi connectivity index (χ2n) is 6.00. The largest absolute Gasteiger partial charge is 0.397 e. The van der Waals surface area contributed by atoms with E-state index < -0.39 is 0 Å². The van der Waals surface area contributed by atoms with E-state index in [2.05, 4.69) is 20.3 Å². The lowest BCUT2D eigenvalue weighted by Gasteiger charge is -2.08. The summed E-state index contributed by atoms with van der Waals surface area (Å²) < 4.78 is 0. The fourth-order valence-corrected chi connectivity index (χ4v) is 2.92. The molecule has 26 heavy (non-hydrogen) atoms. The molecule has 1 amide bonds. The van der Waals surface area contributed by atoms with Crippen molar-refractivity contribution in [1.29, 1.82) is 0 Å². The standard InChI is InChI=1S/C20H17N5O/c1-12-23-16-8-3-9-17(19(16)24-12)25-20(26)14-6-2-5-13(11-14)18-15(21)7-4-10-22-18/h2-11H,21H2,1H3,(H,23,24)(H,25,26). The summed E-state index contributed by atoms with van der Waals surface area (Å²) >= 11 is 0. The highest BCUT2D eigenvalue weighted by atomic mass is 16.1. The van der Waals surface area contributed by atoms with Gasteiger partial charge in [0.15, 0.2) is 0 Å². The topological polar surface area (TPSA) is 96.7 Å². The number of carbonyl (C=O) groups excluding carboxylic acids is 1.